The Morgan fingerprint density at radius 1 is 1.35 bits per heavy atom. The minimum atomic E-state index is 0.391. The number of hydrogen-bond donors (Lipinski definition) is 0. The van der Waals surface area contributed by atoms with Crippen LogP contribution in [0.25, 0.3) is 0 Å². The van der Waals surface area contributed by atoms with E-state index in [9.17, 15) is 0 Å². The lowest BCUT2D eigenvalue weighted by molar-refractivity contribution is -0.00361. The van der Waals surface area contributed by atoms with Crippen LogP contribution < -0.4 is 0 Å². The van der Waals surface area contributed by atoms with E-state index in [1.165, 1.54) is 24.9 Å². The van der Waals surface area contributed by atoms with Gasteiger partial charge >= 0.3 is 0 Å². The number of likely N-dealkylation sites (tertiary alicyclic amines) is 1. The molecule has 0 saturated carbocycles. The topological polar surface area (TPSA) is 25.4 Å². The fraction of sp³-hybridized carbons (Fsp3) is 0.643. The van der Waals surface area contributed by atoms with Crippen LogP contribution in [0.3, 0.4) is 0 Å². The van der Waals surface area contributed by atoms with E-state index in [0.29, 0.717) is 12.7 Å². The van der Waals surface area contributed by atoms with Crippen LogP contribution in [0.4, 0.5) is 0 Å². The Morgan fingerprint density at radius 3 is 2.71 bits per heavy atom. The van der Waals surface area contributed by atoms with Crippen LogP contribution in [-0.4, -0.2) is 36.1 Å². The molecule has 1 atom stereocenters. The smallest absolute Gasteiger partial charge is 0.0722 e. The summed E-state index contributed by atoms with van der Waals surface area (Å²) in [5, 5.41) is 0. The minimum Gasteiger partial charge on any atom is -0.372 e. The molecule has 0 bridgehead atoms. The number of nitrogens with zero attached hydrogens (tertiary/aromatic N) is 2. The molecule has 1 saturated heterocycles. The van der Waals surface area contributed by atoms with Crippen molar-refractivity contribution in [3.63, 3.8) is 0 Å². The first-order chi connectivity index (χ1) is 8.13. The van der Waals surface area contributed by atoms with E-state index < -0.39 is 0 Å². The Morgan fingerprint density at radius 2 is 2.06 bits per heavy atom. The van der Waals surface area contributed by atoms with Gasteiger partial charge in [-0.3, -0.25) is 4.98 Å². The molecule has 1 aliphatic heterocycles. The van der Waals surface area contributed by atoms with Gasteiger partial charge in [0.1, 0.15) is 0 Å². The molecule has 1 aromatic rings. The summed E-state index contributed by atoms with van der Waals surface area (Å²) < 4.78 is 5.98. The summed E-state index contributed by atoms with van der Waals surface area (Å²) in [5.74, 6) is 0. The van der Waals surface area contributed by atoms with Gasteiger partial charge in [-0.05, 0) is 58.0 Å². The first-order valence-electron chi connectivity index (χ1n) is 6.38. The van der Waals surface area contributed by atoms with Crippen molar-refractivity contribution in [2.45, 2.75) is 39.4 Å². The predicted octanol–water partition coefficient (Wildman–Crippen LogP) is 2.31. The largest absolute Gasteiger partial charge is 0.372 e. The van der Waals surface area contributed by atoms with E-state index in [1.54, 1.807) is 0 Å². The lowest BCUT2D eigenvalue weighted by Crippen LogP contribution is -2.36. The number of aryl methyl sites for hydroxylation is 2. The molecule has 2 rings (SSSR count). The first-order valence-corrected chi connectivity index (χ1v) is 6.38. The molecule has 0 spiro atoms. The van der Waals surface area contributed by atoms with Crippen LogP contribution >= 0.6 is 0 Å². The molecule has 1 unspecified atom stereocenters. The van der Waals surface area contributed by atoms with Crippen molar-refractivity contribution in [3.8, 4) is 0 Å². The van der Waals surface area contributed by atoms with Gasteiger partial charge in [-0.2, -0.15) is 0 Å². The van der Waals surface area contributed by atoms with Crippen LogP contribution in [0.2, 0.25) is 0 Å². The first kappa shape index (κ1) is 12.5. The zero-order valence-electron chi connectivity index (χ0n) is 11.1. The molecule has 3 heteroatoms. The lowest BCUT2D eigenvalue weighted by Gasteiger charge is -2.29. The van der Waals surface area contributed by atoms with Gasteiger partial charge in [0.05, 0.1) is 12.7 Å². The highest BCUT2D eigenvalue weighted by Gasteiger charge is 2.17. The van der Waals surface area contributed by atoms with Crippen molar-refractivity contribution in [3.05, 3.63) is 29.1 Å². The molecule has 2 heterocycles. The molecule has 0 radical (unpaired) electrons. The molecule has 94 valence electrons. The Labute approximate surface area is 104 Å². The van der Waals surface area contributed by atoms with Crippen LogP contribution in [0, 0.1) is 13.8 Å². The van der Waals surface area contributed by atoms with Crippen LogP contribution in [0.15, 0.2) is 12.1 Å². The monoisotopic (exact) mass is 234 g/mol. The van der Waals surface area contributed by atoms with Gasteiger partial charge in [0.15, 0.2) is 0 Å². The normalized spacial score (nSPS) is 21.7. The van der Waals surface area contributed by atoms with Crippen molar-refractivity contribution in [1.29, 1.82) is 0 Å². The number of pyridine rings is 1. The fourth-order valence-electron chi connectivity index (χ4n) is 2.47. The summed E-state index contributed by atoms with van der Waals surface area (Å²) in [6.45, 7) is 7.04. The highest BCUT2D eigenvalue weighted by molar-refractivity contribution is 5.19. The number of piperidine rings is 1. The van der Waals surface area contributed by atoms with Gasteiger partial charge in [0.25, 0.3) is 0 Å². The molecule has 0 N–H and O–H groups in total. The maximum absolute atomic E-state index is 5.98. The maximum Gasteiger partial charge on any atom is 0.0722 e. The van der Waals surface area contributed by atoms with Gasteiger partial charge < -0.3 is 9.64 Å². The summed E-state index contributed by atoms with van der Waals surface area (Å²) in [5.41, 5.74) is 3.39. The van der Waals surface area contributed by atoms with Gasteiger partial charge in [-0.25, -0.2) is 0 Å². The van der Waals surface area contributed by atoms with E-state index in [-0.39, 0.29) is 0 Å². The number of rotatable bonds is 3. The second-order valence-corrected chi connectivity index (χ2v) is 5.10. The molecule has 1 fully saturated rings. The molecule has 0 aromatic carbocycles. The third kappa shape index (κ3) is 3.79. The van der Waals surface area contributed by atoms with E-state index in [4.69, 9.17) is 4.74 Å². The zero-order valence-corrected chi connectivity index (χ0v) is 11.1. The van der Waals surface area contributed by atoms with Crippen molar-refractivity contribution >= 4 is 0 Å². The summed E-state index contributed by atoms with van der Waals surface area (Å²) >= 11 is 0. The van der Waals surface area contributed by atoms with Crippen molar-refractivity contribution < 1.29 is 4.74 Å². The number of hydrogen-bond acceptors (Lipinski definition) is 3. The van der Waals surface area contributed by atoms with Gasteiger partial charge in [-0.1, -0.05) is 0 Å². The number of likely N-dealkylation sites (N-methyl/N-ethyl adjacent to an activating group) is 1. The molecule has 0 amide bonds. The molecule has 17 heavy (non-hydrogen) atoms. The van der Waals surface area contributed by atoms with E-state index >= 15 is 0 Å². The molecule has 3 nitrogen and oxygen atoms in total. The van der Waals surface area contributed by atoms with Crippen molar-refractivity contribution in [1.82, 2.24) is 9.88 Å². The van der Waals surface area contributed by atoms with E-state index in [0.717, 1.165) is 17.9 Å². The van der Waals surface area contributed by atoms with Crippen LogP contribution in [-0.2, 0) is 11.3 Å². The molecular weight excluding hydrogens is 212 g/mol. The second-order valence-electron chi connectivity index (χ2n) is 5.10. The third-order valence-corrected chi connectivity index (χ3v) is 3.21. The van der Waals surface area contributed by atoms with Gasteiger partial charge in [-0.15, -0.1) is 0 Å². The summed E-state index contributed by atoms with van der Waals surface area (Å²) in [6, 6.07) is 4.22. The van der Waals surface area contributed by atoms with E-state index in [1.807, 2.05) is 13.8 Å². The Balaban J connectivity index is 1.88. The molecule has 1 aliphatic rings. The highest BCUT2D eigenvalue weighted by Crippen LogP contribution is 2.14. The van der Waals surface area contributed by atoms with Crippen molar-refractivity contribution in [2.75, 3.05) is 20.1 Å². The van der Waals surface area contributed by atoms with E-state index in [2.05, 4.69) is 29.1 Å². The van der Waals surface area contributed by atoms with Gasteiger partial charge in [0.2, 0.25) is 0 Å². The SMILES string of the molecule is Cc1cc(COC2CCCN(C)C2)cc(C)n1. The molecule has 0 aliphatic carbocycles. The van der Waals surface area contributed by atoms with Crippen molar-refractivity contribution in [2.24, 2.45) is 0 Å². The zero-order chi connectivity index (χ0) is 12.3. The average molecular weight is 234 g/mol. The fourth-order valence-corrected chi connectivity index (χ4v) is 2.47. The van der Waals surface area contributed by atoms with Crippen LogP contribution in [0.1, 0.15) is 29.8 Å². The predicted molar refractivity (Wildman–Crippen MR) is 69.0 cm³/mol. The quantitative estimate of drug-likeness (QED) is 0.802. The third-order valence-electron chi connectivity index (χ3n) is 3.21. The summed E-state index contributed by atoms with van der Waals surface area (Å²) in [7, 11) is 2.16. The second kappa shape index (κ2) is 5.61. The number of ether oxygens (including phenoxy) is 1. The summed E-state index contributed by atoms with van der Waals surface area (Å²) in [6.07, 6.45) is 2.82. The molecule has 1 aromatic heterocycles. The van der Waals surface area contributed by atoms with Gasteiger partial charge in [0, 0.05) is 17.9 Å². The maximum atomic E-state index is 5.98. The van der Waals surface area contributed by atoms with Crippen LogP contribution in [0.5, 0.6) is 0 Å². The minimum absolute atomic E-state index is 0.391. The average Bonchev–Trinajstić information content (AvgIpc) is 2.25. The Hall–Kier alpha value is -0.930. The standard InChI is InChI=1S/C14H22N2O/c1-11-7-13(8-12(2)15-11)10-17-14-5-4-6-16(3)9-14/h7-8,14H,4-6,9-10H2,1-3H3. The summed E-state index contributed by atoms with van der Waals surface area (Å²) in [4.78, 5) is 6.72. The molecular formula is C14H22N2O. The lowest BCUT2D eigenvalue weighted by atomic mass is 10.1. The number of aromatic nitrogens is 1. The Bertz CT molecular complexity index is 358. The highest BCUT2D eigenvalue weighted by atomic mass is 16.5. The Kier molecular flexibility index (Phi) is 4.13.